The molecule has 1 aromatic carbocycles. The summed E-state index contributed by atoms with van der Waals surface area (Å²) in [5, 5.41) is 10.7. The van der Waals surface area contributed by atoms with Gasteiger partial charge in [0.15, 0.2) is 0 Å². The molecule has 1 amide bonds. The van der Waals surface area contributed by atoms with Crippen LogP contribution in [0.5, 0.6) is 0 Å². The number of piperidine rings is 1. The lowest BCUT2D eigenvalue weighted by Gasteiger charge is -2.33. The van der Waals surface area contributed by atoms with Crippen LogP contribution in [0.1, 0.15) is 49.6 Å². The molecule has 0 aliphatic carbocycles. The van der Waals surface area contributed by atoms with Crippen molar-refractivity contribution in [2.75, 3.05) is 13.1 Å². The third kappa shape index (κ3) is 4.42. The van der Waals surface area contributed by atoms with Crippen LogP contribution < -0.4 is 5.32 Å². The summed E-state index contributed by atoms with van der Waals surface area (Å²) in [4.78, 5) is 15.0. The number of benzene rings is 1. The van der Waals surface area contributed by atoms with Gasteiger partial charge < -0.3 is 9.73 Å². The number of rotatable bonds is 6. The second-order valence-corrected chi connectivity index (χ2v) is 6.21. The quantitative estimate of drug-likeness (QED) is 0.870. The summed E-state index contributed by atoms with van der Waals surface area (Å²) in [5.41, 5.74) is 0.792. The molecule has 7 heteroatoms. The molecule has 0 saturated carbocycles. The molecule has 6 nitrogen and oxygen atoms in total. The van der Waals surface area contributed by atoms with Crippen molar-refractivity contribution in [1.29, 1.82) is 0 Å². The molecule has 0 radical (unpaired) electrons. The maximum absolute atomic E-state index is 13.3. The van der Waals surface area contributed by atoms with E-state index in [-0.39, 0.29) is 18.3 Å². The number of carbonyl (C=O) groups excluding carboxylic acids is 1. The fraction of sp³-hybridized carbons (Fsp3) is 0.500. The maximum atomic E-state index is 13.3. The smallest absolute Gasteiger partial charge is 0.242 e. The van der Waals surface area contributed by atoms with Crippen LogP contribution in [0.25, 0.3) is 0 Å². The third-order valence-electron chi connectivity index (χ3n) is 4.41. The molecule has 1 aromatic heterocycles. The molecule has 2 aromatic rings. The molecular formula is C18H23FN4O2. The van der Waals surface area contributed by atoms with Crippen molar-refractivity contribution < 1.29 is 13.6 Å². The molecule has 1 fully saturated rings. The zero-order chi connectivity index (χ0) is 17.6. The second-order valence-electron chi connectivity index (χ2n) is 6.21. The van der Waals surface area contributed by atoms with E-state index in [1.54, 1.807) is 12.1 Å². The fourth-order valence-electron chi connectivity index (χ4n) is 3.11. The van der Waals surface area contributed by atoms with Gasteiger partial charge in [0.1, 0.15) is 11.9 Å². The predicted molar refractivity (Wildman–Crippen MR) is 90.1 cm³/mol. The van der Waals surface area contributed by atoms with Gasteiger partial charge in [-0.1, -0.05) is 25.5 Å². The van der Waals surface area contributed by atoms with Gasteiger partial charge in [-0.25, -0.2) is 4.39 Å². The van der Waals surface area contributed by atoms with Crippen molar-refractivity contribution >= 4 is 5.91 Å². The minimum atomic E-state index is -0.436. The number of likely N-dealkylation sites (tertiary alicyclic amines) is 1. The van der Waals surface area contributed by atoms with Crippen molar-refractivity contribution in [3.63, 3.8) is 0 Å². The number of halogens is 1. The summed E-state index contributed by atoms with van der Waals surface area (Å²) in [6.07, 6.45) is 3.96. The monoisotopic (exact) mass is 346 g/mol. The Kier molecular flexibility index (Phi) is 5.75. The second kappa shape index (κ2) is 8.20. The number of nitrogens with zero attached hydrogens (tertiary/aromatic N) is 3. The van der Waals surface area contributed by atoms with Gasteiger partial charge in [0.2, 0.25) is 17.7 Å². The number of amides is 1. The van der Waals surface area contributed by atoms with Crippen molar-refractivity contribution in [1.82, 2.24) is 20.4 Å². The summed E-state index contributed by atoms with van der Waals surface area (Å²) in [6.45, 7) is 3.83. The van der Waals surface area contributed by atoms with E-state index in [4.69, 9.17) is 4.42 Å². The molecule has 0 spiro atoms. The Morgan fingerprint density at radius 3 is 2.52 bits per heavy atom. The van der Waals surface area contributed by atoms with Crippen LogP contribution in [-0.2, 0) is 17.8 Å². The highest BCUT2D eigenvalue weighted by atomic mass is 19.1. The number of nitrogens with one attached hydrogen (secondary N) is 1. The van der Waals surface area contributed by atoms with Crippen LogP contribution >= 0.6 is 0 Å². The first-order valence-corrected chi connectivity index (χ1v) is 8.76. The third-order valence-corrected chi connectivity index (χ3v) is 4.41. The number of carbonyl (C=O) groups is 1. The minimum absolute atomic E-state index is 0.134. The van der Waals surface area contributed by atoms with E-state index in [0.29, 0.717) is 18.2 Å². The Labute approximate surface area is 146 Å². The number of hydrogen-bond donors (Lipinski definition) is 1. The van der Waals surface area contributed by atoms with E-state index in [2.05, 4.69) is 20.4 Å². The molecule has 0 bridgehead atoms. The standard InChI is InChI=1S/C18H23FN4O2/c1-2-15-21-22-16(25-15)12-20-18(24)17(23-10-4-3-5-11-23)13-6-8-14(19)9-7-13/h6-9,17H,2-5,10-12H2,1H3,(H,20,24)/t17-/m0/s1. The van der Waals surface area contributed by atoms with Gasteiger partial charge in [0, 0.05) is 6.42 Å². The fourth-order valence-corrected chi connectivity index (χ4v) is 3.11. The summed E-state index contributed by atoms with van der Waals surface area (Å²) in [5.74, 6) is 0.501. The topological polar surface area (TPSA) is 71.3 Å². The lowest BCUT2D eigenvalue weighted by atomic mass is 10.0. The highest BCUT2D eigenvalue weighted by Crippen LogP contribution is 2.25. The van der Waals surface area contributed by atoms with E-state index in [1.807, 2.05) is 6.92 Å². The van der Waals surface area contributed by atoms with Gasteiger partial charge in [-0.15, -0.1) is 10.2 Å². The van der Waals surface area contributed by atoms with Crippen molar-refractivity contribution in [3.05, 3.63) is 47.4 Å². The molecule has 2 heterocycles. The molecular weight excluding hydrogens is 323 g/mol. The van der Waals surface area contributed by atoms with Crippen molar-refractivity contribution in [2.45, 2.75) is 45.2 Å². The van der Waals surface area contributed by atoms with Crippen LogP contribution in [0.4, 0.5) is 4.39 Å². The lowest BCUT2D eigenvalue weighted by molar-refractivity contribution is -0.127. The first-order chi connectivity index (χ1) is 12.2. The molecule has 134 valence electrons. The van der Waals surface area contributed by atoms with Crippen LogP contribution in [-0.4, -0.2) is 34.1 Å². The van der Waals surface area contributed by atoms with Crippen LogP contribution in [0.2, 0.25) is 0 Å². The number of aryl methyl sites for hydroxylation is 1. The average Bonchev–Trinajstić information content (AvgIpc) is 3.11. The first kappa shape index (κ1) is 17.5. The summed E-state index contributed by atoms with van der Waals surface area (Å²) in [6, 6.07) is 5.71. The normalized spacial score (nSPS) is 16.6. The van der Waals surface area contributed by atoms with Gasteiger partial charge in [-0.05, 0) is 43.6 Å². The SMILES string of the molecule is CCc1nnc(CNC(=O)[C@H](c2ccc(F)cc2)N2CCCCC2)o1. The Morgan fingerprint density at radius 2 is 1.88 bits per heavy atom. The van der Waals surface area contributed by atoms with Crippen LogP contribution in [0.15, 0.2) is 28.7 Å². The molecule has 1 saturated heterocycles. The van der Waals surface area contributed by atoms with Crippen molar-refractivity contribution in [3.8, 4) is 0 Å². The van der Waals surface area contributed by atoms with Gasteiger partial charge >= 0.3 is 0 Å². The zero-order valence-corrected chi connectivity index (χ0v) is 14.4. The summed E-state index contributed by atoms with van der Waals surface area (Å²) < 4.78 is 18.7. The lowest BCUT2D eigenvalue weighted by Crippen LogP contribution is -2.42. The van der Waals surface area contributed by atoms with Gasteiger partial charge in [-0.2, -0.15) is 0 Å². The first-order valence-electron chi connectivity index (χ1n) is 8.76. The molecule has 1 atom stereocenters. The number of aromatic nitrogens is 2. The summed E-state index contributed by atoms with van der Waals surface area (Å²) >= 11 is 0. The Bertz CT molecular complexity index is 695. The van der Waals surface area contributed by atoms with E-state index < -0.39 is 6.04 Å². The molecule has 25 heavy (non-hydrogen) atoms. The molecule has 1 N–H and O–H groups in total. The molecule has 1 aliphatic heterocycles. The maximum Gasteiger partial charge on any atom is 0.242 e. The molecule has 3 rings (SSSR count). The zero-order valence-electron chi connectivity index (χ0n) is 14.4. The predicted octanol–water partition coefficient (Wildman–Crippen LogP) is 2.61. The summed E-state index contributed by atoms with van der Waals surface area (Å²) in [7, 11) is 0. The number of hydrogen-bond acceptors (Lipinski definition) is 5. The highest BCUT2D eigenvalue weighted by Gasteiger charge is 2.28. The van der Waals surface area contributed by atoms with Crippen molar-refractivity contribution in [2.24, 2.45) is 0 Å². The van der Waals surface area contributed by atoms with Gasteiger partial charge in [0.05, 0.1) is 6.54 Å². The van der Waals surface area contributed by atoms with E-state index in [0.717, 1.165) is 31.5 Å². The van der Waals surface area contributed by atoms with Gasteiger partial charge in [0.25, 0.3) is 0 Å². The average molecular weight is 346 g/mol. The van der Waals surface area contributed by atoms with E-state index in [9.17, 15) is 9.18 Å². The Hall–Kier alpha value is -2.28. The Balaban J connectivity index is 1.72. The minimum Gasteiger partial charge on any atom is -0.423 e. The highest BCUT2D eigenvalue weighted by molar-refractivity contribution is 5.83. The molecule has 0 unspecified atom stereocenters. The molecule has 1 aliphatic rings. The van der Waals surface area contributed by atoms with Crippen LogP contribution in [0, 0.1) is 5.82 Å². The van der Waals surface area contributed by atoms with E-state index in [1.165, 1.54) is 18.6 Å². The Morgan fingerprint density at radius 1 is 1.20 bits per heavy atom. The van der Waals surface area contributed by atoms with Crippen LogP contribution in [0.3, 0.4) is 0 Å². The van der Waals surface area contributed by atoms with E-state index >= 15 is 0 Å². The largest absolute Gasteiger partial charge is 0.423 e. The van der Waals surface area contributed by atoms with Gasteiger partial charge in [-0.3, -0.25) is 9.69 Å².